The zero-order valence-electron chi connectivity index (χ0n) is 15.4. The summed E-state index contributed by atoms with van der Waals surface area (Å²) in [6.07, 6.45) is 1.70. The van der Waals surface area contributed by atoms with Crippen LogP contribution in [0.25, 0.3) is 0 Å². The molecule has 2 aromatic rings. The van der Waals surface area contributed by atoms with Gasteiger partial charge in [-0.05, 0) is 88.9 Å². The van der Waals surface area contributed by atoms with Gasteiger partial charge in [-0.2, -0.15) is 5.10 Å². The van der Waals surface area contributed by atoms with Crippen molar-refractivity contribution in [1.82, 2.24) is 5.43 Å². The van der Waals surface area contributed by atoms with Crippen LogP contribution in [-0.2, 0) is 0 Å². The minimum atomic E-state index is -0.354. The smallest absolute Gasteiger partial charge is 0.271 e. The molecule has 0 aliphatic rings. The Bertz CT molecular complexity index is 808. The van der Waals surface area contributed by atoms with Gasteiger partial charge in [-0.15, -0.1) is 0 Å². The van der Waals surface area contributed by atoms with Crippen LogP contribution in [0, 0.1) is 7.14 Å². The van der Waals surface area contributed by atoms with E-state index in [1.165, 1.54) is 14.2 Å². The fraction of sp³-hybridized carbons (Fsp3) is 0.263. The number of carbonyl (C=O) groups is 1. The topological polar surface area (TPSA) is 69.2 Å². The zero-order chi connectivity index (χ0) is 20.0. The molecule has 2 rings (SSSR count). The summed E-state index contributed by atoms with van der Waals surface area (Å²) in [7, 11) is 3.06. The van der Waals surface area contributed by atoms with Gasteiger partial charge in [0.25, 0.3) is 5.91 Å². The van der Waals surface area contributed by atoms with Crippen molar-refractivity contribution in [2.24, 2.45) is 5.10 Å². The van der Waals surface area contributed by atoms with Gasteiger partial charge in [0.15, 0.2) is 0 Å². The van der Waals surface area contributed by atoms with E-state index in [0.29, 0.717) is 17.1 Å². The van der Waals surface area contributed by atoms with E-state index in [4.69, 9.17) is 14.2 Å². The molecular formula is C19H20I2N2O4. The van der Waals surface area contributed by atoms with Crippen LogP contribution < -0.4 is 19.6 Å². The van der Waals surface area contributed by atoms with Crippen LogP contribution in [0.15, 0.2) is 35.4 Å². The van der Waals surface area contributed by atoms with Crippen LogP contribution in [0.3, 0.4) is 0 Å². The number of rotatable bonds is 7. The third kappa shape index (κ3) is 6.23. The number of hydrazone groups is 1. The summed E-state index contributed by atoms with van der Waals surface area (Å²) in [6.45, 7) is 3.98. The fourth-order valence-electron chi connectivity index (χ4n) is 2.17. The molecule has 0 aromatic heterocycles. The third-order valence-electron chi connectivity index (χ3n) is 3.37. The summed E-state index contributed by atoms with van der Waals surface area (Å²) in [5, 5.41) is 4.05. The van der Waals surface area contributed by atoms with Crippen molar-refractivity contribution in [3.05, 3.63) is 48.6 Å². The van der Waals surface area contributed by atoms with E-state index in [9.17, 15) is 4.79 Å². The standard InChI is InChI=1S/C19H20I2N2O4/c1-11(2)27-18-16(20)5-12(6-17(18)21)10-22-23-19(24)13-7-14(25-3)9-15(8-13)26-4/h5-11H,1-4H3,(H,23,24)/b22-10-. The molecule has 27 heavy (non-hydrogen) atoms. The van der Waals surface area contributed by atoms with Gasteiger partial charge in [-0.25, -0.2) is 5.43 Å². The van der Waals surface area contributed by atoms with Crippen molar-refractivity contribution < 1.29 is 19.0 Å². The monoisotopic (exact) mass is 594 g/mol. The van der Waals surface area contributed by atoms with E-state index < -0.39 is 0 Å². The van der Waals surface area contributed by atoms with E-state index in [1.807, 2.05) is 26.0 Å². The van der Waals surface area contributed by atoms with E-state index in [2.05, 4.69) is 55.7 Å². The van der Waals surface area contributed by atoms with Crippen LogP contribution in [0.5, 0.6) is 17.2 Å². The molecule has 0 unspecified atom stereocenters. The molecule has 0 heterocycles. The van der Waals surface area contributed by atoms with Crippen LogP contribution in [-0.4, -0.2) is 32.4 Å². The number of nitrogens with one attached hydrogen (secondary N) is 1. The number of nitrogens with zero attached hydrogens (tertiary/aromatic N) is 1. The fourth-order valence-corrected chi connectivity index (χ4v) is 4.24. The summed E-state index contributed by atoms with van der Waals surface area (Å²) < 4.78 is 18.1. The Hall–Kier alpha value is -1.56. The average molecular weight is 594 g/mol. The van der Waals surface area contributed by atoms with E-state index in [0.717, 1.165) is 18.5 Å². The lowest BCUT2D eigenvalue weighted by molar-refractivity contribution is 0.0954. The molecule has 0 saturated carbocycles. The molecule has 0 aliphatic carbocycles. The number of methoxy groups -OCH3 is 2. The normalized spacial score (nSPS) is 10.9. The van der Waals surface area contributed by atoms with Crippen LogP contribution in [0.2, 0.25) is 0 Å². The van der Waals surface area contributed by atoms with Gasteiger partial charge in [-0.1, -0.05) is 0 Å². The van der Waals surface area contributed by atoms with E-state index >= 15 is 0 Å². The Morgan fingerprint density at radius 1 is 1.04 bits per heavy atom. The molecule has 0 fully saturated rings. The second-order valence-corrected chi connectivity index (χ2v) is 8.11. The Balaban J connectivity index is 2.12. The van der Waals surface area contributed by atoms with Gasteiger partial charge in [0.05, 0.1) is 33.7 Å². The molecule has 8 heteroatoms. The van der Waals surface area contributed by atoms with Crippen molar-refractivity contribution >= 4 is 57.3 Å². The van der Waals surface area contributed by atoms with Crippen LogP contribution in [0.4, 0.5) is 0 Å². The molecule has 2 aromatic carbocycles. The molecule has 144 valence electrons. The molecule has 6 nitrogen and oxygen atoms in total. The van der Waals surface area contributed by atoms with Gasteiger partial charge in [-0.3, -0.25) is 4.79 Å². The maximum Gasteiger partial charge on any atom is 0.271 e. The maximum atomic E-state index is 12.3. The lowest BCUT2D eigenvalue weighted by atomic mass is 10.2. The molecular weight excluding hydrogens is 574 g/mol. The number of ether oxygens (including phenoxy) is 3. The highest BCUT2D eigenvalue weighted by molar-refractivity contribution is 14.1. The quantitative estimate of drug-likeness (QED) is 0.292. The van der Waals surface area contributed by atoms with Crippen molar-refractivity contribution in [2.45, 2.75) is 20.0 Å². The molecule has 1 amide bonds. The second-order valence-electron chi connectivity index (χ2n) is 5.78. The number of carbonyl (C=O) groups excluding carboxylic acids is 1. The van der Waals surface area contributed by atoms with Crippen molar-refractivity contribution in [3.8, 4) is 17.2 Å². The largest absolute Gasteiger partial charge is 0.497 e. The third-order valence-corrected chi connectivity index (χ3v) is 4.97. The maximum absolute atomic E-state index is 12.3. The summed E-state index contributed by atoms with van der Waals surface area (Å²) in [6, 6.07) is 8.84. The number of benzene rings is 2. The van der Waals surface area contributed by atoms with Crippen LogP contribution >= 0.6 is 45.2 Å². The summed E-state index contributed by atoms with van der Waals surface area (Å²) in [5.41, 5.74) is 3.78. The first-order valence-corrected chi connectivity index (χ1v) is 10.2. The van der Waals surface area contributed by atoms with Crippen molar-refractivity contribution in [2.75, 3.05) is 14.2 Å². The summed E-state index contributed by atoms with van der Waals surface area (Å²) in [4.78, 5) is 12.3. The summed E-state index contributed by atoms with van der Waals surface area (Å²) >= 11 is 4.46. The predicted molar refractivity (Wildman–Crippen MR) is 122 cm³/mol. The van der Waals surface area contributed by atoms with Gasteiger partial charge < -0.3 is 14.2 Å². The molecule has 1 N–H and O–H groups in total. The molecule has 0 aliphatic heterocycles. The van der Waals surface area contributed by atoms with Gasteiger partial charge in [0.2, 0.25) is 0 Å². The number of halogens is 2. The number of amides is 1. The van der Waals surface area contributed by atoms with Gasteiger partial charge >= 0.3 is 0 Å². The lowest BCUT2D eigenvalue weighted by Crippen LogP contribution is -2.17. The first-order chi connectivity index (χ1) is 12.8. The number of hydrogen-bond acceptors (Lipinski definition) is 5. The highest BCUT2D eigenvalue weighted by atomic mass is 127. The first kappa shape index (κ1) is 21.7. The molecule has 0 bridgehead atoms. The Morgan fingerprint density at radius 2 is 1.59 bits per heavy atom. The highest BCUT2D eigenvalue weighted by Gasteiger charge is 2.11. The SMILES string of the molecule is COc1cc(OC)cc(C(=O)N/N=C\c2cc(I)c(OC(C)C)c(I)c2)c1. The zero-order valence-corrected chi connectivity index (χ0v) is 19.7. The van der Waals surface area contributed by atoms with Crippen molar-refractivity contribution in [3.63, 3.8) is 0 Å². The Kier molecular flexibility index (Phi) is 8.14. The molecule has 0 spiro atoms. The van der Waals surface area contributed by atoms with E-state index in [1.54, 1.807) is 24.4 Å². The predicted octanol–water partition coefficient (Wildman–Crippen LogP) is 4.46. The molecule has 0 saturated heterocycles. The number of hydrogen-bond donors (Lipinski definition) is 1. The summed E-state index contributed by atoms with van der Waals surface area (Å²) in [5.74, 6) is 1.57. The van der Waals surface area contributed by atoms with E-state index in [-0.39, 0.29) is 12.0 Å². The first-order valence-electron chi connectivity index (χ1n) is 8.06. The molecule has 0 atom stereocenters. The lowest BCUT2D eigenvalue weighted by Gasteiger charge is -2.14. The minimum Gasteiger partial charge on any atom is -0.497 e. The Morgan fingerprint density at radius 3 is 2.07 bits per heavy atom. The van der Waals surface area contributed by atoms with Gasteiger partial charge in [0, 0.05) is 11.6 Å². The molecule has 0 radical (unpaired) electrons. The van der Waals surface area contributed by atoms with Gasteiger partial charge in [0.1, 0.15) is 17.2 Å². The minimum absolute atomic E-state index is 0.102. The average Bonchev–Trinajstić information content (AvgIpc) is 2.64. The second kappa shape index (κ2) is 10.1. The van der Waals surface area contributed by atoms with Crippen LogP contribution in [0.1, 0.15) is 29.8 Å². The highest BCUT2D eigenvalue weighted by Crippen LogP contribution is 2.29. The Labute approximate surface area is 185 Å². The van der Waals surface area contributed by atoms with Crippen molar-refractivity contribution in [1.29, 1.82) is 0 Å².